The van der Waals surface area contributed by atoms with Crippen LogP contribution in [0.25, 0.3) is 11.0 Å². The number of methoxy groups -OCH3 is 1. The molecule has 0 spiro atoms. The van der Waals surface area contributed by atoms with Crippen LogP contribution in [0.4, 0.5) is 5.69 Å². The van der Waals surface area contributed by atoms with Gasteiger partial charge in [-0.25, -0.2) is 4.79 Å². The molecule has 2 heterocycles. The average molecular weight is 392 g/mol. The molecule has 146 valence electrons. The zero-order valence-electron chi connectivity index (χ0n) is 15.9. The van der Waals surface area contributed by atoms with Crippen LogP contribution in [0.5, 0.6) is 11.5 Å². The predicted octanol–water partition coefficient (Wildman–Crippen LogP) is 3.05. The molecule has 1 aliphatic rings. The van der Waals surface area contributed by atoms with E-state index in [1.54, 1.807) is 43.3 Å². The number of aryl methyl sites for hydroxylation is 1. The van der Waals surface area contributed by atoms with E-state index in [2.05, 4.69) is 5.10 Å². The van der Waals surface area contributed by atoms with Gasteiger partial charge in [-0.1, -0.05) is 0 Å². The molecule has 0 bridgehead atoms. The first kappa shape index (κ1) is 18.4. The van der Waals surface area contributed by atoms with Crippen molar-refractivity contribution in [2.75, 3.05) is 12.1 Å². The third-order valence-electron chi connectivity index (χ3n) is 4.52. The number of hydrazone groups is 1. The molecule has 29 heavy (non-hydrogen) atoms. The number of ether oxygens (including phenoxy) is 2. The second-order valence-electron chi connectivity index (χ2n) is 6.43. The normalized spacial score (nSPS) is 14.0. The van der Waals surface area contributed by atoms with Crippen LogP contribution in [0.3, 0.4) is 0 Å². The molecule has 0 radical (unpaired) electrons. The van der Waals surface area contributed by atoms with Crippen LogP contribution in [-0.4, -0.2) is 24.7 Å². The van der Waals surface area contributed by atoms with Gasteiger partial charge in [-0.3, -0.25) is 9.59 Å². The molecule has 8 heteroatoms. The molecule has 0 aliphatic carbocycles. The molecule has 0 saturated heterocycles. The largest absolute Gasteiger partial charge is 0.497 e. The molecule has 1 amide bonds. The highest BCUT2D eigenvalue weighted by molar-refractivity contribution is 6.48. The zero-order chi connectivity index (χ0) is 20.7. The molecule has 0 unspecified atom stereocenters. The molecule has 8 nitrogen and oxygen atoms in total. The maximum absolute atomic E-state index is 12.9. The first-order chi connectivity index (χ1) is 13.9. The lowest BCUT2D eigenvalue weighted by Crippen LogP contribution is -2.27. The Hall–Kier alpha value is -3.94. The number of amides is 1. The van der Waals surface area contributed by atoms with Gasteiger partial charge in [-0.15, -0.1) is 5.10 Å². The Labute approximate surface area is 164 Å². The fourth-order valence-electron chi connectivity index (χ4n) is 3.11. The highest BCUT2D eigenvalue weighted by Crippen LogP contribution is 2.34. The lowest BCUT2D eigenvalue weighted by atomic mass is 10.0. The van der Waals surface area contributed by atoms with Crippen LogP contribution in [0.15, 0.2) is 56.8 Å². The number of carbonyl (C=O) groups excluding carboxylic acids is 2. The van der Waals surface area contributed by atoms with Crippen molar-refractivity contribution in [3.63, 3.8) is 0 Å². The Morgan fingerprint density at radius 2 is 1.83 bits per heavy atom. The van der Waals surface area contributed by atoms with Crippen molar-refractivity contribution in [3.8, 4) is 11.5 Å². The number of benzene rings is 2. The van der Waals surface area contributed by atoms with Crippen molar-refractivity contribution in [2.45, 2.75) is 13.8 Å². The molecule has 4 rings (SSSR count). The first-order valence-electron chi connectivity index (χ1n) is 8.72. The summed E-state index contributed by atoms with van der Waals surface area (Å²) < 4.78 is 15.9. The smallest absolute Gasteiger partial charge is 0.336 e. The van der Waals surface area contributed by atoms with Crippen LogP contribution < -0.4 is 20.1 Å². The van der Waals surface area contributed by atoms with Crippen molar-refractivity contribution < 1.29 is 23.5 Å². The number of Topliss-reactive ketones (excluding diaryl/α,β-unsaturated/α-hetero) is 1. The minimum Gasteiger partial charge on any atom is -0.497 e. The topological polar surface area (TPSA) is 98.4 Å². The van der Waals surface area contributed by atoms with E-state index in [0.717, 1.165) is 5.01 Å². The summed E-state index contributed by atoms with van der Waals surface area (Å²) in [6.07, 6.45) is 0. The molecule has 1 aliphatic heterocycles. The average Bonchev–Trinajstić information content (AvgIpc) is 3.02. The lowest BCUT2D eigenvalue weighted by molar-refractivity contribution is -0.116. The maximum Gasteiger partial charge on any atom is 0.336 e. The number of carbonyl (C=O) groups is 2. The van der Waals surface area contributed by atoms with Crippen LogP contribution >= 0.6 is 0 Å². The van der Waals surface area contributed by atoms with Crippen molar-refractivity contribution in [1.82, 2.24) is 0 Å². The van der Waals surface area contributed by atoms with Crippen molar-refractivity contribution in [2.24, 2.45) is 5.10 Å². The predicted molar refractivity (Wildman–Crippen MR) is 106 cm³/mol. The molecule has 3 aromatic rings. The van der Waals surface area contributed by atoms with Crippen LogP contribution in [0.2, 0.25) is 0 Å². The van der Waals surface area contributed by atoms with E-state index in [0.29, 0.717) is 22.4 Å². The number of fused-ring (bicyclic) bond motifs is 3. The summed E-state index contributed by atoms with van der Waals surface area (Å²) in [6, 6.07) is 11.3. The second kappa shape index (κ2) is 6.90. The Bertz CT molecular complexity index is 1240. The Balaban J connectivity index is 1.79. The van der Waals surface area contributed by atoms with Gasteiger partial charge in [0.15, 0.2) is 5.58 Å². The fraction of sp³-hybridized carbons (Fsp3) is 0.143. The number of ketones is 1. The highest BCUT2D eigenvalue weighted by atomic mass is 16.5. The summed E-state index contributed by atoms with van der Waals surface area (Å²) in [5, 5.41) is 5.80. The molecule has 0 atom stereocenters. The summed E-state index contributed by atoms with van der Waals surface area (Å²) >= 11 is 0. The second-order valence-corrected chi connectivity index (χ2v) is 6.43. The van der Waals surface area contributed by atoms with E-state index in [9.17, 15) is 14.4 Å². The lowest BCUT2D eigenvalue weighted by Gasteiger charge is -2.15. The van der Waals surface area contributed by atoms with E-state index in [4.69, 9.17) is 13.9 Å². The fourth-order valence-corrected chi connectivity index (χ4v) is 3.11. The third-order valence-corrected chi connectivity index (χ3v) is 4.52. The van der Waals surface area contributed by atoms with Gasteiger partial charge in [0.25, 0.3) is 11.7 Å². The monoisotopic (exact) mass is 392 g/mol. The summed E-state index contributed by atoms with van der Waals surface area (Å²) in [7, 11) is 1.53. The summed E-state index contributed by atoms with van der Waals surface area (Å²) in [4.78, 5) is 36.9. The summed E-state index contributed by atoms with van der Waals surface area (Å²) in [5.74, 6) is -0.445. The summed E-state index contributed by atoms with van der Waals surface area (Å²) in [6.45, 7) is 3.07. The SMILES string of the molecule is COc1ccc(N(/N=C2/Oc3ccc4c(C)cc(=O)oc4c3C2=O)C(C)=O)cc1. The van der Waals surface area contributed by atoms with E-state index in [-0.39, 0.29) is 22.8 Å². The molecular formula is C21H16N2O6. The van der Waals surface area contributed by atoms with Gasteiger partial charge < -0.3 is 13.9 Å². The van der Waals surface area contributed by atoms with Crippen LogP contribution in [0, 0.1) is 6.92 Å². The first-order valence-corrected chi connectivity index (χ1v) is 8.72. The molecule has 0 fully saturated rings. The standard InChI is InChI=1S/C21H16N2O6/c1-11-10-17(25)29-20-15(11)8-9-16-18(20)19(26)21(28-16)22-23(12(2)24)13-4-6-14(27-3)7-5-13/h4-10H,1-3H3/b22-21+. The van der Waals surface area contributed by atoms with Crippen LogP contribution in [-0.2, 0) is 4.79 Å². The molecule has 0 saturated carbocycles. The van der Waals surface area contributed by atoms with Crippen molar-refractivity contribution in [1.29, 1.82) is 0 Å². The van der Waals surface area contributed by atoms with Crippen molar-refractivity contribution >= 4 is 34.2 Å². The molecule has 1 aromatic heterocycles. The number of hydrogen-bond acceptors (Lipinski definition) is 7. The van der Waals surface area contributed by atoms with E-state index in [1.807, 2.05) is 0 Å². The zero-order valence-corrected chi connectivity index (χ0v) is 15.9. The Morgan fingerprint density at radius 1 is 1.10 bits per heavy atom. The van der Waals surface area contributed by atoms with Gasteiger partial charge >= 0.3 is 5.63 Å². The van der Waals surface area contributed by atoms with E-state index >= 15 is 0 Å². The van der Waals surface area contributed by atoms with E-state index in [1.165, 1.54) is 20.1 Å². The van der Waals surface area contributed by atoms with E-state index < -0.39 is 17.3 Å². The molecular weight excluding hydrogens is 376 g/mol. The van der Waals surface area contributed by atoms with Gasteiger partial charge in [0, 0.05) is 18.4 Å². The van der Waals surface area contributed by atoms with Gasteiger partial charge in [-0.05, 0) is 48.9 Å². The number of rotatable bonds is 3. The van der Waals surface area contributed by atoms with Gasteiger partial charge in [0.2, 0.25) is 5.91 Å². The van der Waals surface area contributed by atoms with Gasteiger partial charge in [-0.2, -0.15) is 5.01 Å². The quantitative estimate of drug-likeness (QED) is 0.502. The maximum atomic E-state index is 12.9. The van der Waals surface area contributed by atoms with Gasteiger partial charge in [0.05, 0.1) is 12.8 Å². The summed E-state index contributed by atoms with van der Waals surface area (Å²) in [5.41, 5.74) is 0.804. The number of anilines is 1. The number of nitrogens with zero attached hydrogens (tertiary/aromatic N) is 2. The molecule has 2 aromatic carbocycles. The van der Waals surface area contributed by atoms with Gasteiger partial charge in [0.1, 0.15) is 17.1 Å². The van der Waals surface area contributed by atoms with Crippen LogP contribution in [0.1, 0.15) is 22.8 Å². The Morgan fingerprint density at radius 3 is 2.48 bits per heavy atom. The third kappa shape index (κ3) is 3.14. The highest BCUT2D eigenvalue weighted by Gasteiger charge is 2.34. The minimum absolute atomic E-state index is 0.111. The number of hydrogen-bond donors (Lipinski definition) is 0. The minimum atomic E-state index is -0.570. The van der Waals surface area contributed by atoms with Crippen molar-refractivity contribution in [3.05, 3.63) is 64.0 Å². The Kier molecular flexibility index (Phi) is 4.38. The molecule has 0 N–H and O–H groups in total.